The molecule has 4 aliphatic carbocycles. The first-order valence-electron chi connectivity index (χ1n) is 10.2. The van der Waals surface area contributed by atoms with Gasteiger partial charge in [-0.15, -0.1) is 0 Å². The van der Waals surface area contributed by atoms with Crippen molar-refractivity contribution in [1.29, 1.82) is 0 Å². The number of fused-ring (bicyclic) bond motifs is 5. The van der Waals surface area contributed by atoms with Gasteiger partial charge in [-0.25, -0.2) is 0 Å². The van der Waals surface area contributed by atoms with Crippen LogP contribution >= 0.6 is 0 Å². The molecule has 0 heterocycles. The highest BCUT2D eigenvalue weighted by Gasteiger charge is 2.62. The summed E-state index contributed by atoms with van der Waals surface area (Å²) < 4.78 is 5.63. The molecule has 4 aliphatic rings. The number of carbonyl (C=O) groups is 1. The number of Topliss-reactive ketones (excluding diaryl/α,β-unsaturated/α-hetero) is 1. The van der Waals surface area contributed by atoms with Gasteiger partial charge in [0.1, 0.15) is 5.78 Å². The maximum absolute atomic E-state index is 12.2. The second-order valence-electron chi connectivity index (χ2n) is 9.80. The SMILES string of the molecule is COC1CCC2(C)C(=CCC3C2C(O)CC2(C)C(C(C)=O)CCC32)C1. The van der Waals surface area contributed by atoms with Gasteiger partial charge in [-0.05, 0) is 80.5 Å². The van der Waals surface area contributed by atoms with Crippen LogP contribution in [0.25, 0.3) is 0 Å². The number of carbonyl (C=O) groups excluding carboxylic acids is 1. The van der Waals surface area contributed by atoms with E-state index in [1.54, 1.807) is 6.92 Å². The lowest BCUT2D eigenvalue weighted by Gasteiger charge is -2.59. The maximum atomic E-state index is 12.2. The van der Waals surface area contributed by atoms with Gasteiger partial charge >= 0.3 is 0 Å². The predicted molar refractivity (Wildman–Crippen MR) is 98.1 cm³/mol. The van der Waals surface area contributed by atoms with Crippen LogP contribution in [0, 0.1) is 34.5 Å². The standard InChI is InChI=1S/C22H34O3/c1-13(23)17-7-8-18-16-6-5-14-11-15(25-4)9-10-21(14,2)20(16)19(24)12-22(17,18)3/h5,15-20,24H,6-12H2,1-4H3. The summed E-state index contributed by atoms with van der Waals surface area (Å²) in [5.41, 5.74) is 1.64. The van der Waals surface area contributed by atoms with E-state index in [9.17, 15) is 9.90 Å². The van der Waals surface area contributed by atoms with Crippen molar-refractivity contribution >= 4 is 5.78 Å². The molecule has 25 heavy (non-hydrogen) atoms. The molecule has 0 radical (unpaired) electrons. The summed E-state index contributed by atoms with van der Waals surface area (Å²) in [6, 6.07) is 0. The molecular weight excluding hydrogens is 312 g/mol. The quantitative estimate of drug-likeness (QED) is 0.764. The summed E-state index contributed by atoms with van der Waals surface area (Å²) >= 11 is 0. The van der Waals surface area contributed by atoms with Crippen LogP contribution in [0.2, 0.25) is 0 Å². The summed E-state index contributed by atoms with van der Waals surface area (Å²) in [5, 5.41) is 11.3. The van der Waals surface area contributed by atoms with Crippen LogP contribution < -0.4 is 0 Å². The molecule has 8 atom stereocenters. The van der Waals surface area contributed by atoms with Gasteiger partial charge in [0, 0.05) is 13.0 Å². The van der Waals surface area contributed by atoms with Crippen molar-refractivity contribution in [2.24, 2.45) is 34.5 Å². The van der Waals surface area contributed by atoms with Crippen LogP contribution in [-0.2, 0) is 9.53 Å². The van der Waals surface area contributed by atoms with Crippen LogP contribution in [0.1, 0.15) is 65.7 Å². The molecule has 4 rings (SSSR count). The highest BCUT2D eigenvalue weighted by atomic mass is 16.5. The van der Waals surface area contributed by atoms with Gasteiger partial charge in [0.2, 0.25) is 0 Å². The second kappa shape index (κ2) is 5.92. The van der Waals surface area contributed by atoms with Gasteiger partial charge in [-0.1, -0.05) is 25.5 Å². The van der Waals surface area contributed by atoms with E-state index in [0.717, 1.165) is 44.9 Å². The Labute approximate surface area is 152 Å². The molecule has 0 aromatic carbocycles. The third-order valence-electron chi connectivity index (χ3n) is 8.81. The van der Waals surface area contributed by atoms with Gasteiger partial charge in [0.25, 0.3) is 0 Å². The van der Waals surface area contributed by atoms with Crippen molar-refractivity contribution in [3.05, 3.63) is 11.6 Å². The first-order chi connectivity index (χ1) is 11.8. The van der Waals surface area contributed by atoms with Gasteiger partial charge < -0.3 is 9.84 Å². The number of aliphatic hydroxyl groups is 1. The van der Waals surface area contributed by atoms with Crippen LogP contribution in [0.15, 0.2) is 11.6 Å². The molecule has 3 nitrogen and oxygen atoms in total. The topological polar surface area (TPSA) is 46.5 Å². The minimum atomic E-state index is -0.279. The monoisotopic (exact) mass is 346 g/mol. The third-order valence-corrected chi connectivity index (χ3v) is 8.81. The molecule has 0 amide bonds. The fraction of sp³-hybridized carbons (Fsp3) is 0.864. The minimum absolute atomic E-state index is 0.00213. The first kappa shape index (κ1) is 17.7. The largest absolute Gasteiger partial charge is 0.393 e. The van der Waals surface area contributed by atoms with Crippen molar-refractivity contribution in [2.45, 2.75) is 77.9 Å². The highest BCUT2D eigenvalue weighted by molar-refractivity contribution is 5.79. The van der Waals surface area contributed by atoms with Crippen molar-refractivity contribution < 1.29 is 14.6 Å². The Morgan fingerprint density at radius 2 is 2.04 bits per heavy atom. The smallest absolute Gasteiger partial charge is 0.133 e. The lowest BCUT2D eigenvalue weighted by atomic mass is 9.46. The van der Waals surface area contributed by atoms with E-state index in [1.165, 1.54) is 5.57 Å². The van der Waals surface area contributed by atoms with Gasteiger partial charge in [-0.3, -0.25) is 4.79 Å². The number of allylic oxidation sites excluding steroid dienone is 1. The van der Waals surface area contributed by atoms with Crippen LogP contribution in [0.4, 0.5) is 0 Å². The minimum Gasteiger partial charge on any atom is -0.393 e. The summed E-state index contributed by atoms with van der Waals surface area (Å²) in [5.74, 6) is 1.95. The molecular formula is C22H34O3. The van der Waals surface area contributed by atoms with Crippen LogP contribution in [0.5, 0.6) is 0 Å². The van der Waals surface area contributed by atoms with Crippen molar-refractivity contribution in [2.75, 3.05) is 7.11 Å². The lowest BCUT2D eigenvalue weighted by molar-refractivity contribution is -0.140. The summed E-state index contributed by atoms with van der Waals surface area (Å²) in [7, 11) is 1.82. The number of methoxy groups -OCH3 is 1. The average Bonchev–Trinajstić information content (AvgIpc) is 2.90. The van der Waals surface area contributed by atoms with E-state index < -0.39 is 0 Å². The number of hydrogen-bond acceptors (Lipinski definition) is 3. The zero-order valence-corrected chi connectivity index (χ0v) is 16.3. The molecule has 140 valence electrons. The third kappa shape index (κ3) is 2.41. The Hall–Kier alpha value is -0.670. The normalized spacial score (nSPS) is 52.0. The predicted octanol–water partition coefficient (Wildman–Crippen LogP) is 4.14. The summed E-state index contributed by atoms with van der Waals surface area (Å²) in [6.45, 7) is 6.44. The molecule has 3 heteroatoms. The number of ketones is 1. The van der Waals surface area contributed by atoms with Crippen molar-refractivity contribution in [1.82, 2.24) is 0 Å². The fourth-order valence-electron chi connectivity index (χ4n) is 7.63. The number of aliphatic hydroxyl groups excluding tert-OH is 1. The Kier molecular flexibility index (Phi) is 4.20. The van der Waals surface area contributed by atoms with E-state index in [-0.39, 0.29) is 22.9 Å². The first-order valence-corrected chi connectivity index (χ1v) is 10.2. The van der Waals surface area contributed by atoms with Gasteiger partial charge in [0.15, 0.2) is 0 Å². The Morgan fingerprint density at radius 1 is 1.28 bits per heavy atom. The Bertz CT molecular complexity index is 596. The lowest BCUT2D eigenvalue weighted by Crippen LogP contribution is -2.56. The van der Waals surface area contributed by atoms with E-state index in [4.69, 9.17) is 4.74 Å². The van der Waals surface area contributed by atoms with Crippen molar-refractivity contribution in [3.8, 4) is 0 Å². The molecule has 0 aromatic rings. The molecule has 0 spiro atoms. The van der Waals surface area contributed by atoms with E-state index in [2.05, 4.69) is 19.9 Å². The number of ether oxygens (including phenoxy) is 1. The zero-order chi connectivity index (χ0) is 18.0. The van der Waals surface area contributed by atoms with E-state index in [0.29, 0.717) is 29.6 Å². The fourth-order valence-corrected chi connectivity index (χ4v) is 7.63. The molecule has 3 fully saturated rings. The van der Waals surface area contributed by atoms with E-state index in [1.807, 2.05) is 7.11 Å². The van der Waals surface area contributed by atoms with Crippen LogP contribution in [-0.4, -0.2) is 30.2 Å². The summed E-state index contributed by atoms with van der Waals surface area (Å²) in [6.07, 6.45) is 9.85. The molecule has 0 bridgehead atoms. The number of rotatable bonds is 2. The van der Waals surface area contributed by atoms with Crippen LogP contribution in [0.3, 0.4) is 0 Å². The molecule has 8 unspecified atom stereocenters. The Morgan fingerprint density at radius 3 is 2.72 bits per heavy atom. The maximum Gasteiger partial charge on any atom is 0.133 e. The van der Waals surface area contributed by atoms with Crippen molar-refractivity contribution in [3.63, 3.8) is 0 Å². The molecule has 0 saturated heterocycles. The average molecular weight is 347 g/mol. The molecule has 0 aromatic heterocycles. The Balaban J connectivity index is 1.69. The molecule has 0 aliphatic heterocycles. The zero-order valence-electron chi connectivity index (χ0n) is 16.3. The van der Waals surface area contributed by atoms with E-state index >= 15 is 0 Å². The molecule has 1 N–H and O–H groups in total. The van der Waals surface area contributed by atoms with Gasteiger partial charge in [-0.2, -0.15) is 0 Å². The number of hydrogen-bond donors (Lipinski definition) is 1. The molecule has 3 saturated carbocycles. The highest BCUT2D eigenvalue weighted by Crippen LogP contribution is 2.66. The summed E-state index contributed by atoms with van der Waals surface area (Å²) in [4.78, 5) is 12.2. The van der Waals surface area contributed by atoms with Gasteiger partial charge in [0.05, 0.1) is 12.2 Å². The second-order valence-corrected chi connectivity index (χ2v) is 9.80.